The van der Waals surface area contributed by atoms with E-state index in [0.717, 1.165) is 22.0 Å². The van der Waals surface area contributed by atoms with Gasteiger partial charge in [0.05, 0.1) is 10.5 Å². The number of nitrogens with zero attached hydrogens (tertiary/aromatic N) is 2. The number of thiazole rings is 2. The van der Waals surface area contributed by atoms with Crippen molar-refractivity contribution in [3.05, 3.63) is 27.3 Å². The number of aromatic carboxylic acids is 1. The van der Waals surface area contributed by atoms with Crippen molar-refractivity contribution < 1.29 is 18.3 Å². The molecule has 2 rings (SSSR count). The Morgan fingerprint density at radius 1 is 1.45 bits per heavy atom. The molecule has 0 aromatic carbocycles. The molecule has 0 fully saturated rings. The number of carboxylic acids is 1. The Morgan fingerprint density at radius 2 is 2.20 bits per heavy atom. The summed E-state index contributed by atoms with van der Waals surface area (Å²) in [7, 11) is -3.85. The fourth-order valence-corrected chi connectivity index (χ4v) is 4.43. The lowest BCUT2D eigenvalue weighted by Crippen LogP contribution is -2.26. The van der Waals surface area contributed by atoms with E-state index in [1.165, 1.54) is 16.8 Å². The highest BCUT2D eigenvalue weighted by atomic mass is 32.2. The molecule has 10 heteroatoms. The van der Waals surface area contributed by atoms with Crippen LogP contribution in [0.1, 0.15) is 21.2 Å². The van der Waals surface area contributed by atoms with Gasteiger partial charge in [-0.15, -0.1) is 22.7 Å². The van der Waals surface area contributed by atoms with Gasteiger partial charge < -0.3 is 5.11 Å². The highest BCUT2D eigenvalue weighted by molar-refractivity contribution is 7.91. The SMILES string of the molecule is Cc1csc(CCNS(=O)(=O)c2scnc2C(=O)O)n1. The van der Waals surface area contributed by atoms with Gasteiger partial charge in [-0.05, 0) is 6.92 Å². The molecule has 0 saturated heterocycles. The van der Waals surface area contributed by atoms with Crippen LogP contribution < -0.4 is 4.72 Å². The summed E-state index contributed by atoms with van der Waals surface area (Å²) in [6.45, 7) is 2.02. The molecule has 108 valence electrons. The molecule has 0 amide bonds. The van der Waals surface area contributed by atoms with Crippen LogP contribution in [0.4, 0.5) is 0 Å². The van der Waals surface area contributed by atoms with Gasteiger partial charge in [-0.25, -0.2) is 27.9 Å². The van der Waals surface area contributed by atoms with Gasteiger partial charge in [0.2, 0.25) is 0 Å². The third-order valence-electron chi connectivity index (χ3n) is 2.28. The van der Waals surface area contributed by atoms with E-state index in [4.69, 9.17) is 5.11 Å². The molecular formula is C10H11N3O4S3. The summed E-state index contributed by atoms with van der Waals surface area (Å²) in [5.41, 5.74) is 1.64. The second-order valence-corrected chi connectivity index (χ2v) is 7.58. The fourth-order valence-electron chi connectivity index (χ4n) is 1.44. The fraction of sp³-hybridized carbons (Fsp3) is 0.300. The van der Waals surface area contributed by atoms with Crippen molar-refractivity contribution in [2.24, 2.45) is 0 Å². The molecule has 0 saturated carbocycles. The van der Waals surface area contributed by atoms with Crippen molar-refractivity contribution in [2.75, 3.05) is 6.54 Å². The molecule has 2 aromatic rings. The number of sulfonamides is 1. The van der Waals surface area contributed by atoms with Crippen molar-refractivity contribution in [1.82, 2.24) is 14.7 Å². The maximum absolute atomic E-state index is 12.0. The second kappa shape index (κ2) is 5.95. The summed E-state index contributed by atoms with van der Waals surface area (Å²) in [4.78, 5) is 18.6. The summed E-state index contributed by atoms with van der Waals surface area (Å²) in [6.07, 6.45) is 0.457. The minimum Gasteiger partial charge on any atom is -0.476 e. The van der Waals surface area contributed by atoms with E-state index >= 15 is 0 Å². The van der Waals surface area contributed by atoms with Gasteiger partial charge in [-0.2, -0.15) is 0 Å². The predicted octanol–water partition coefficient (Wildman–Crippen LogP) is 1.13. The normalized spacial score (nSPS) is 11.7. The molecule has 0 unspecified atom stereocenters. The third kappa shape index (κ3) is 3.39. The molecule has 0 radical (unpaired) electrons. The van der Waals surface area contributed by atoms with Gasteiger partial charge in [0.1, 0.15) is 0 Å². The number of hydrogen-bond acceptors (Lipinski definition) is 7. The van der Waals surface area contributed by atoms with E-state index in [1.54, 1.807) is 0 Å². The number of aryl methyl sites for hydroxylation is 1. The van der Waals surface area contributed by atoms with E-state index in [-0.39, 0.29) is 10.8 Å². The van der Waals surface area contributed by atoms with Crippen LogP contribution in [0.15, 0.2) is 15.1 Å². The summed E-state index contributed by atoms with van der Waals surface area (Å²) >= 11 is 2.24. The third-order valence-corrected chi connectivity index (χ3v) is 6.14. The molecule has 0 aliphatic heterocycles. The number of aromatic nitrogens is 2. The molecule has 2 aromatic heterocycles. The van der Waals surface area contributed by atoms with Crippen molar-refractivity contribution in [3.8, 4) is 0 Å². The Kier molecular flexibility index (Phi) is 4.48. The van der Waals surface area contributed by atoms with E-state index in [2.05, 4.69) is 14.7 Å². The zero-order valence-corrected chi connectivity index (χ0v) is 12.8. The lowest BCUT2D eigenvalue weighted by molar-refractivity contribution is 0.0687. The molecule has 0 spiro atoms. The first-order valence-corrected chi connectivity index (χ1v) is 8.72. The Morgan fingerprint density at radius 3 is 2.80 bits per heavy atom. The smallest absolute Gasteiger partial charge is 0.356 e. The quantitative estimate of drug-likeness (QED) is 0.820. The van der Waals surface area contributed by atoms with Gasteiger partial charge in [0.25, 0.3) is 10.0 Å². The maximum atomic E-state index is 12.0. The Hall–Kier alpha value is -1.36. The summed E-state index contributed by atoms with van der Waals surface area (Å²) < 4.78 is 26.1. The number of rotatable bonds is 6. The zero-order chi connectivity index (χ0) is 14.8. The van der Waals surface area contributed by atoms with Crippen molar-refractivity contribution in [2.45, 2.75) is 17.6 Å². The standard InChI is InChI=1S/C10H11N3O4S3/c1-6-4-18-7(13-6)2-3-12-20(16,17)10-8(9(14)15)11-5-19-10/h4-5,12H,2-3H2,1H3,(H,14,15). The van der Waals surface area contributed by atoms with Crippen molar-refractivity contribution in [1.29, 1.82) is 0 Å². The van der Waals surface area contributed by atoms with Gasteiger partial charge in [0, 0.05) is 24.0 Å². The number of hydrogen-bond donors (Lipinski definition) is 2. The summed E-state index contributed by atoms with van der Waals surface area (Å²) in [6, 6.07) is 0. The van der Waals surface area contributed by atoms with Crippen LogP contribution in [-0.4, -0.2) is 36.0 Å². The Labute approximate surface area is 123 Å². The average molecular weight is 333 g/mol. The zero-order valence-electron chi connectivity index (χ0n) is 10.4. The average Bonchev–Trinajstić information content (AvgIpc) is 2.97. The molecule has 0 aliphatic carbocycles. The molecule has 7 nitrogen and oxygen atoms in total. The van der Waals surface area contributed by atoms with Gasteiger partial charge >= 0.3 is 5.97 Å². The van der Waals surface area contributed by atoms with Crippen LogP contribution in [0.2, 0.25) is 0 Å². The van der Waals surface area contributed by atoms with Crippen LogP contribution in [0.5, 0.6) is 0 Å². The predicted molar refractivity (Wildman–Crippen MR) is 74.8 cm³/mol. The van der Waals surface area contributed by atoms with Crippen LogP contribution in [0.25, 0.3) is 0 Å². The number of carboxylic acid groups (broad SMARTS) is 1. The molecule has 2 N–H and O–H groups in total. The van der Waals surface area contributed by atoms with E-state index in [9.17, 15) is 13.2 Å². The van der Waals surface area contributed by atoms with Crippen LogP contribution >= 0.6 is 22.7 Å². The van der Waals surface area contributed by atoms with Crippen molar-refractivity contribution in [3.63, 3.8) is 0 Å². The Balaban J connectivity index is 2.04. The number of nitrogens with one attached hydrogen (secondary N) is 1. The minimum absolute atomic E-state index is 0.159. The van der Waals surface area contributed by atoms with Crippen LogP contribution in [0, 0.1) is 6.92 Å². The molecule has 2 heterocycles. The van der Waals surface area contributed by atoms with E-state index in [0.29, 0.717) is 6.42 Å². The van der Waals surface area contributed by atoms with Gasteiger partial charge in [0.15, 0.2) is 9.90 Å². The maximum Gasteiger partial charge on any atom is 0.356 e. The topological polar surface area (TPSA) is 109 Å². The van der Waals surface area contributed by atoms with E-state index in [1.807, 2.05) is 12.3 Å². The first-order valence-electron chi connectivity index (χ1n) is 5.47. The van der Waals surface area contributed by atoms with Crippen LogP contribution in [-0.2, 0) is 16.4 Å². The summed E-state index contributed by atoms with van der Waals surface area (Å²) in [5.74, 6) is -1.36. The minimum atomic E-state index is -3.85. The summed E-state index contributed by atoms with van der Waals surface area (Å²) in [5, 5.41) is 11.6. The molecule has 0 atom stereocenters. The molecule has 20 heavy (non-hydrogen) atoms. The number of carbonyl (C=O) groups is 1. The van der Waals surface area contributed by atoms with E-state index < -0.39 is 21.7 Å². The van der Waals surface area contributed by atoms with Gasteiger partial charge in [-0.3, -0.25) is 0 Å². The molecule has 0 bridgehead atoms. The highest BCUT2D eigenvalue weighted by Gasteiger charge is 2.25. The monoisotopic (exact) mass is 333 g/mol. The van der Waals surface area contributed by atoms with Gasteiger partial charge in [-0.1, -0.05) is 0 Å². The first-order chi connectivity index (χ1) is 9.40. The van der Waals surface area contributed by atoms with Crippen LogP contribution in [0.3, 0.4) is 0 Å². The lowest BCUT2D eigenvalue weighted by Gasteiger charge is -2.04. The molecular weight excluding hydrogens is 322 g/mol. The first kappa shape index (κ1) is 15.0. The largest absolute Gasteiger partial charge is 0.476 e. The molecule has 0 aliphatic rings. The highest BCUT2D eigenvalue weighted by Crippen LogP contribution is 2.19. The second-order valence-electron chi connectivity index (χ2n) is 3.82. The van der Waals surface area contributed by atoms with Crippen molar-refractivity contribution >= 4 is 38.7 Å². The lowest BCUT2D eigenvalue weighted by atomic mass is 10.4. The Bertz CT molecular complexity index is 720.